The summed E-state index contributed by atoms with van der Waals surface area (Å²) >= 11 is 0. The van der Waals surface area contributed by atoms with Crippen LogP contribution in [-0.2, 0) is 0 Å². The van der Waals surface area contributed by atoms with Crippen molar-refractivity contribution >= 4 is 11.6 Å². The van der Waals surface area contributed by atoms with Gasteiger partial charge in [0.2, 0.25) is 5.75 Å². The van der Waals surface area contributed by atoms with Gasteiger partial charge in [-0.25, -0.2) is 9.97 Å². The predicted octanol–water partition coefficient (Wildman–Crippen LogP) is 1.30. The maximum Gasteiger partial charge on any atom is 0.204 e. The molecule has 112 valence electrons. The number of hydrogen-bond acceptors (Lipinski definition) is 6. The molecule has 1 aromatic rings. The molecule has 1 saturated heterocycles. The zero-order valence-electron chi connectivity index (χ0n) is 12.9. The van der Waals surface area contributed by atoms with Gasteiger partial charge in [0, 0.05) is 39.8 Å². The first-order valence-corrected chi connectivity index (χ1v) is 7.19. The molecule has 0 unspecified atom stereocenters. The fourth-order valence-corrected chi connectivity index (χ4v) is 2.61. The Morgan fingerprint density at radius 3 is 2.50 bits per heavy atom. The van der Waals surface area contributed by atoms with Gasteiger partial charge in [-0.15, -0.1) is 0 Å². The minimum absolute atomic E-state index is 0.714. The summed E-state index contributed by atoms with van der Waals surface area (Å²) in [4.78, 5) is 13.4. The lowest BCUT2D eigenvalue weighted by Gasteiger charge is -2.36. The number of piperazine rings is 1. The molecule has 1 N–H and O–H groups in total. The molecule has 20 heavy (non-hydrogen) atoms. The van der Waals surface area contributed by atoms with E-state index in [1.807, 2.05) is 7.05 Å². The van der Waals surface area contributed by atoms with Crippen molar-refractivity contribution in [2.24, 2.45) is 5.92 Å². The molecule has 1 aromatic heterocycles. The normalized spacial score (nSPS) is 16.6. The third kappa shape index (κ3) is 3.30. The summed E-state index contributed by atoms with van der Waals surface area (Å²) in [5, 5.41) is 3.05. The number of hydrogen-bond donors (Lipinski definition) is 1. The number of anilines is 2. The molecular weight excluding hydrogens is 254 g/mol. The highest BCUT2D eigenvalue weighted by molar-refractivity contribution is 5.64. The third-order valence-electron chi connectivity index (χ3n) is 3.52. The lowest BCUT2D eigenvalue weighted by atomic mass is 10.2. The van der Waals surface area contributed by atoms with E-state index < -0.39 is 0 Å². The van der Waals surface area contributed by atoms with Gasteiger partial charge >= 0.3 is 0 Å². The Hall–Kier alpha value is -1.56. The number of nitrogens with one attached hydrogen (secondary N) is 1. The zero-order chi connectivity index (χ0) is 14.5. The van der Waals surface area contributed by atoms with Gasteiger partial charge in [0.1, 0.15) is 6.33 Å². The smallest absolute Gasteiger partial charge is 0.204 e. The molecule has 2 heterocycles. The largest absolute Gasteiger partial charge is 0.490 e. The summed E-state index contributed by atoms with van der Waals surface area (Å²) in [6, 6.07) is 0. The molecule has 0 atom stereocenters. The Balaban J connectivity index is 2.07. The molecule has 6 nitrogen and oxygen atoms in total. The summed E-state index contributed by atoms with van der Waals surface area (Å²) in [6.45, 7) is 9.78. The second-order valence-corrected chi connectivity index (χ2v) is 5.51. The van der Waals surface area contributed by atoms with Crippen molar-refractivity contribution in [2.75, 3.05) is 57.1 Å². The van der Waals surface area contributed by atoms with Crippen LogP contribution in [0.2, 0.25) is 0 Å². The van der Waals surface area contributed by atoms with Crippen LogP contribution in [0.25, 0.3) is 0 Å². The summed E-state index contributed by atoms with van der Waals surface area (Å²) in [5.41, 5.74) is 0. The second-order valence-electron chi connectivity index (χ2n) is 5.51. The van der Waals surface area contributed by atoms with Crippen molar-refractivity contribution in [3.63, 3.8) is 0 Å². The van der Waals surface area contributed by atoms with E-state index in [4.69, 9.17) is 4.74 Å². The zero-order valence-corrected chi connectivity index (χ0v) is 12.9. The molecule has 1 aliphatic rings. The average molecular weight is 279 g/mol. The first kappa shape index (κ1) is 14.8. The summed E-state index contributed by atoms with van der Waals surface area (Å²) in [5.74, 6) is 3.07. The number of methoxy groups -OCH3 is 1. The molecule has 6 heteroatoms. The molecule has 0 spiro atoms. The van der Waals surface area contributed by atoms with Crippen molar-refractivity contribution in [1.29, 1.82) is 0 Å². The summed E-state index contributed by atoms with van der Waals surface area (Å²) in [7, 11) is 3.51. The third-order valence-corrected chi connectivity index (χ3v) is 3.52. The van der Waals surface area contributed by atoms with Gasteiger partial charge in [0.25, 0.3) is 0 Å². The molecule has 0 aromatic carbocycles. The molecule has 0 radical (unpaired) electrons. The van der Waals surface area contributed by atoms with E-state index >= 15 is 0 Å². The molecule has 0 amide bonds. The van der Waals surface area contributed by atoms with Crippen LogP contribution in [0.4, 0.5) is 11.6 Å². The lowest BCUT2D eigenvalue weighted by molar-refractivity contribution is 0.230. The number of ether oxygens (including phenoxy) is 1. The number of rotatable bonds is 5. The van der Waals surface area contributed by atoms with Crippen LogP contribution in [0.5, 0.6) is 5.75 Å². The van der Waals surface area contributed by atoms with Gasteiger partial charge in [0.05, 0.1) is 7.11 Å². The lowest BCUT2D eigenvalue weighted by Crippen LogP contribution is -2.47. The van der Waals surface area contributed by atoms with Crippen LogP contribution in [0.15, 0.2) is 6.33 Å². The summed E-state index contributed by atoms with van der Waals surface area (Å²) < 4.78 is 5.47. The van der Waals surface area contributed by atoms with E-state index in [1.165, 1.54) is 0 Å². The van der Waals surface area contributed by atoms with Crippen LogP contribution in [0, 0.1) is 5.92 Å². The molecular formula is C14H25N5O. The predicted molar refractivity (Wildman–Crippen MR) is 81.6 cm³/mol. The van der Waals surface area contributed by atoms with Crippen LogP contribution in [0.3, 0.4) is 0 Å². The van der Waals surface area contributed by atoms with E-state index in [2.05, 4.69) is 38.9 Å². The maximum absolute atomic E-state index is 5.47. The number of aromatic nitrogens is 2. The SMILES string of the molecule is CNc1ncnc(N2CCN(CC(C)C)CC2)c1OC. The van der Waals surface area contributed by atoms with Gasteiger partial charge < -0.3 is 15.0 Å². The van der Waals surface area contributed by atoms with Crippen LogP contribution >= 0.6 is 0 Å². The monoisotopic (exact) mass is 279 g/mol. The highest BCUT2D eigenvalue weighted by atomic mass is 16.5. The van der Waals surface area contributed by atoms with Gasteiger partial charge in [-0.2, -0.15) is 0 Å². The Bertz CT molecular complexity index is 430. The van der Waals surface area contributed by atoms with Crippen LogP contribution in [0.1, 0.15) is 13.8 Å². The average Bonchev–Trinajstić information content (AvgIpc) is 2.46. The maximum atomic E-state index is 5.47. The van der Waals surface area contributed by atoms with Crippen molar-refractivity contribution in [2.45, 2.75) is 13.8 Å². The second kappa shape index (κ2) is 6.74. The molecule has 0 aliphatic carbocycles. The molecule has 2 rings (SSSR count). The Morgan fingerprint density at radius 1 is 1.25 bits per heavy atom. The minimum Gasteiger partial charge on any atom is -0.490 e. The highest BCUT2D eigenvalue weighted by Crippen LogP contribution is 2.31. The molecule has 1 aliphatic heterocycles. The van der Waals surface area contributed by atoms with Gasteiger partial charge in [-0.1, -0.05) is 13.8 Å². The van der Waals surface area contributed by atoms with E-state index in [1.54, 1.807) is 13.4 Å². The molecule has 0 bridgehead atoms. The Morgan fingerprint density at radius 2 is 1.95 bits per heavy atom. The molecule has 1 fully saturated rings. The Kier molecular flexibility index (Phi) is 5.00. The summed E-state index contributed by atoms with van der Waals surface area (Å²) in [6.07, 6.45) is 1.59. The van der Waals surface area contributed by atoms with Crippen molar-refractivity contribution < 1.29 is 4.74 Å². The fourth-order valence-electron chi connectivity index (χ4n) is 2.61. The van der Waals surface area contributed by atoms with E-state index in [9.17, 15) is 0 Å². The standard InChI is InChI=1S/C14H25N5O/c1-11(2)9-18-5-7-19(8-6-18)14-12(20-4)13(15-3)16-10-17-14/h10-11H,5-9H2,1-4H3,(H,15,16,17). The van der Waals surface area contributed by atoms with E-state index in [-0.39, 0.29) is 0 Å². The first-order chi connectivity index (χ1) is 9.65. The van der Waals surface area contributed by atoms with Gasteiger partial charge in [-0.3, -0.25) is 4.90 Å². The topological polar surface area (TPSA) is 53.5 Å². The Labute approximate surface area is 121 Å². The minimum atomic E-state index is 0.714. The van der Waals surface area contributed by atoms with Crippen molar-refractivity contribution in [3.8, 4) is 5.75 Å². The van der Waals surface area contributed by atoms with Crippen LogP contribution in [-0.4, -0.2) is 61.7 Å². The van der Waals surface area contributed by atoms with Gasteiger partial charge in [-0.05, 0) is 5.92 Å². The van der Waals surface area contributed by atoms with E-state index in [0.29, 0.717) is 5.92 Å². The van der Waals surface area contributed by atoms with E-state index in [0.717, 1.165) is 50.1 Å². The number of nitrogens with zero attached hydrogens (tertiary/aromatic N) is 4. The quantitative estimate of drug-likeness (QED) is 0.877. The first-order valence-electron chi connectivity index (χ1n) is 7.19. The van der Waals surface area contributed by atoms with Crippen molar-refractivity contribution in [1.82, 2.24) is 14.9 Å². The van der Waals surface area contributed by atoms with Gasteiger partial charge in [0.15, 0.2) is 11.6 Å². The van der Waals surface area contributed by atoms with Crippen molar-refractivity contribution in [3.05, 3.63) is 6.33 Å². The highest BCUT2D eigenvalue weighted by Gasteiger charge is 2.22. The van der Waals surface area contributed by atoms with Crippen LogP contribution < -0.4 is 15.0 Å². The molecule has 0 saturated carbocycles. The fraction of sp³-hybridized carbons (Fsp3) is 0.714.